The van der Waals surface area contributed by atoms with E-state index in [1.54, 1.807) is 32.3 Å². The van der Waals surface area contributed by atoms with Crippen LogP contribution in [0.25, 0.3) is 0 Å². The highest BCUT2D eigenvalue weighted by atomic mass is 35.5. The van der Waals surface area contributed by atoms with E-state index in [1.165, 1.54) is 41.0 Å². The molecule has 0 amide bonds. The normalized spacial score (nSPS) is 23.7. The highest BCUT2D eigenvalue weighted by Gasteiger charge is 2.44. The maximum Gasteiger partial charge on any atom is 0.338 e. The van der Waals surface area contributed by atoms with Crippen molar-refractivity contribution in [3.63, 3.8) is 0 Å². The predicted molar refractivity (Wildman–Crippen MR) is 165 cm³/mol. The Hall–Kier alpha value is -2.87. The van der Waals surface area contributed by atoms with Crippen molar-refractivity contribution in [3.05, 3.63) is 62.5 Å². The van der Waals surface area contributed by atoms with E-state index in [1.807, 2.05) is 0 Å². The molecule has 0 spiro atoms. The number of hydrogen-bond acceptors (Lipinski definition) is 10. The second-order valence-electron chi connectivity index (χ2n) is 12.2. The number of rotatable bonds is 7. The van der Waals surface area contributed by atoms with Crippen molar-refractivity contribution in [2.24, 2.45) is 16.8 Å². The highest BCUT2D eigenvalue weighted by Crippen LogP contribution is 2.41. The molecule has 1 aromatic heterocycles. The minimum absolute atomic E-state index is 0.113. The summed E-state index contributed by atoms with van der Waals surface area (Å²) in [5, 5.41) is 5.17. The molecule has 0 bridgehead atoms. The number of piperidine rings is 1. The third-order valence-corrected chi connectivity index (χ3v) is 11.6. The molecule has 3 heterocycles. The minimum atomic E-state index is -3.66. The number of sulfonamides is 1. The van der Waals surface area contributed by atoms with Crippen LogP contribution in [-0.2, 0) is 29.1 Å². The molecule has 1 N–H and O–H groups in total. The van der Waals surface area contributed by atoms with Gasteiger partial charge in [0.15, 0.2) is 10.8 Å². The molecule has 5 rings (SSSR count). The number of aliphatic imine (C=N–C) groups is 1. The molecule has 238 valence electrons. The zero-order chi connectivity index (χ0) is 31.8. The Bertz CT molecular complexity index is 1580. The SMILES string of the molecule is COC(=O)C1=C(C2CCN(S(=O)(=O)C3CCC(C(=O)OC(C)(C)C)C3)CC2)NC(c2nccs2)=NC1c1ccc(F)cc1Cl. The van der Waals surface area contributed by atoms with Gasteiger partial charge >= 0.3 is 11.9 Å². The average molecular weight is 667 g/mol. The molecular formula is C30H36ClFN4O6S2. The number of amidine groups is 1. The van der Waals surface area contributed by atoms with Gasteiger partial charge in [0.25, 0.3) is 0 Å². The summed E-state index contributed by atoms with van der Waals surface area (Å²) in [6, 6.07) is 3.04. The first-order chi connectivity index (χ1) is 20.8. The number of nitrogens with one attached hydrogen (secondary N) is 1. The summed E-state index contributed by atoms with van der Waals surface area (Å²) in [5.41, 5.74) is 0.595. The van der Waals surface area contributed by atoms with Crippen molar-refractivity contribution in [1.82, 2.24) is 14.6 Å². The topological polar surface area (TPSA) is 127 Å². The maximum absolute atomic E-state index is 14.0. The van der Waals surface area contributed by atoms with E-state index >= 15 is 0 Å². The summed E-state index contributed by atoms with van der Waals surface area (Å²) >= 11 is 7.82. The number of carbonyl (C=O) groups excluding carboxylic acids is 2. The minimum Gasteiger partial charge on any atom is -0.466 e. The van der Waals surface area contributed by atoms with Gasteiger partial charge in [-0.2, -0.15) is 0 Å². The van der Waals surface area contributed by atoms with Crippen LogP contribution in [0.4, 0.5) is 4.39 Å². The Labute approximate surface area is 265 Å². The zero-order valence-corrected chi connectivity index (χ0v) is 27.4. The van der Waals surface area contributed by atoms with E-state index in [4.69, 9.17) is 26.1 Å². The Kier molecular flexibility index (Phi) is 9.50. The first kappa shape index (κ1) is 32.5. The molecule has 1 aliphatic carbocycles. The summed E-state index contributed by atoms with van der Waals surface area (Å²) in [7, 11) is -2.38. The smallest absolute Gasteiger partial charge is 0.338 e. The number of ether oxygens (including phenoxy) is 2. The molecule has 10 nitrogen and oxygen atoms in total. The number of benzene rings is 1. The molecule has 3 unspecified atom stereocenters. The number of aromatic nitrogens is 1. The monoisotopic (exact) mass is 666 g/mol. The zero-order valence-electron chi connectivity index (χ0n) is 25.0. The Balaban J connectivity index is 1.39. The lowest BCUT2D eigenvalue weighted by Gasteiger charge is -2.37. The van der Waals surface area contributed by atoms with Crippen LogP contribution in [0.15, 0.2) is 46.0 Å². The number of halogens is 2. The van der Waals surface area contributed by atoms with E-state index < -0.39 is 44.6 Å². The first-order valence-electron chi connectivity index (χ1n) is 14.5. The second-order valence-corrected chi connectivity index (χ2v) is 15.7. The van der Waals surface area contributed by atoms with Crippen LogP contribution in [0.1, 0.15) is 69.5 Å². The van der Waals surface area contributed by atoms with Crippen LogP contribution in [0, 0.1) is 17.7 Å². The molecule has 14 heteroatoms. The Morgan fingerprint density at radius 1 is 1.16 bits per heavy atom. The summed E-state index contributed by atoms with van der Waals surface area (Å²) in [4.78, 5) is 35.0. The molecule has 1 saturated carbocycles. The molecule has 44 heavy (non-hydrogen) atoms. The quantitative estimate of drug-likeness (QED) is 0.409. The summed E-state index contributed by atoms with van der Waals surface area (Å²) in [5.74, 6) is -1.73. The number of thiazole rings is 1. The van der Waals surface area contributed by atoms with Gasteiger partial charge in [-0.15, -0.1) is 11.3 Å². The van der Waals surface area contributed by atoms with Crippen LogP contribution < -0.4 is 5.32 Å². The molecule has 0 radical (unpaired) electrons. The molecule has 1 aromatic carbocycles. The van der Waals surface area contributed by atoms with E-state index in [0.717, 1.165) is 0 Å². The van der Waals surface area contributed by atoms with Gasteiger partial charge in [-0.05, 0) is 65.0 Å². The molecule has 2 aromatic rings. The largest absolute Gasteiger partial charge is 0.466 e. The van der Waals surface area contributed by atoms with E-state index in [-0.39, 0.29) is 42.0 Å². The van der Waals surface area contributed by atoms with Gasteiger partial charge < -0.3 is 14.8 Å². The average Bonchev–Trinajstić information content (AvgIpc) is 3.69. The summed E-state index contributed by atoms with van der Waals surface area (Å²) in [6.07, 6.45) is 3.62. The fourth-order valence-corrected chi connectivity index (χ4v) is 8.95. The fraction of sp³-hybridized carbons (Fsp3) is 0.533. The molecule has 3 atom stereocenters. The van der Waals surface area contributed by atoms with Gasteiger partial charge in [0, 0.05) is 46.9 Å². The van der Waals surface area contributed by atoms with Crippen LogP contribution in [0.2, 0.25) is 5.02 Å². The fourth-order valence-electron chi connectivity index (χ4n) is 6.04. The molecule has 3 aliphatic rings. The van der Waals surface area contributed by atoms with Crippen molar-refractivity contribution < 1.29 is 31.9 Å². The van der Waals surface area contributed by atoms with Crippen LogP contribution >= 0.6 is 22.9 Å². The predicted octanol–water partition coefficient (Wildman–Crippen LogP) is 5.01. The number of nitrogens with zero attached hydrogens (tertiary/aromatic N) is 3. The number of methoxy groups -OCH3 is 1. The third-order valence-electron chi connectivity index (χ3n) is 8.14. The lowest BCUT2D eigenvalue weighted by atomic mass is 9.86. The molecule has 2 aliphatic heterocycles. The standard InChI is InChI=1S/C30H36ClFN4O6S2/c1-30(2,3)42-28(37)18-5-7-20(15-18)44(39,40)36-12-9-17(10-13-36)24-23(29(38)41-4)25(21-8-6-19(32)16-22(21)31)35-26(34-24)27-33-11-14-43-27/h6,8,11,14,16-18,20,25H,5,7,9-10,12-13,15H2,1-4H3,(H,34,35). The number of esters is 2. The number of carbonyl (C=O) groups is 2. The van der Waals surface area contributed by atoms with Gasteiger partial charge in [0.05, 0.1) is 23.9 Å². The van der Waals surface area contributed by atoms with Gasteiger partial charge in [-0.3, -0.25) is 9.79 Å². The van der Waals surface area contributed by atoms with Crippen molar-refractivity contribution in [2.45, 2.75) is 69.8 Å². The van der Waals surface area contributed by atoms with Crippen molar-refractivity contribution in [2.75, 3.05) is 20.2 Å². The lowest BCUT2D eigenvalue weighted by Crippen LogP contribution is -2.45. The molecule has 1 saturated heterocycles. The van der Waals surface area contributed by atoms with Gasteiger partial charge in [-0.25, -0.2) is 26.9 Å². The van der Waals surface area contributed by atoms with Crippen molar-refractivity contribution in [1.29, 1.82) is 0 Å². The van der Waals surface area contributed by atoms with E-state index in [2.05, 4.69) is 10.3 Å². The van der Waals surface area contributed by atoms with Gasteiger partial charge in [0.2, 0.25) is 10.0 Å². The van der Waals surface area contributed by atoms with Crippen LogP contribution in [-0.4, -0.2) is 66.5 Å². The Morgan fingerprint density at radius 2 is 1.89 bits per heavy atom. The van der Waals surface area contributed by atoms with E-state index in [0.29, 0.717) is 47.8 Å². The molecular weight excluding hydrogens is 631 g/mol. The van der Waals surface area contributed by atoms with Crippen molar-refractivity contribution >= 4 is 50.7 Å². The van der Waals surface area contributed by atoms with E-state index in [9.17, 15) is 22.4 Å². The Morgan fingerprint density at radius 3 is 2.50 bits per heavy atom. The number of hydrogen-bond donors (Lipinski definition) is 1. The van der Waals surface area contributed by atoms with Gasteiger partial charge in [-0.1, -0.05) is 17.7 Å². The first-order valence-corrected chi connectivity index (χ1v) is 17.3. The summed E-state index contributed by atoms with van der Waals surface area (Å²) in [6.45, 7) is 5.87. The summed E-state index contributed by atoms with van der Waals surface area (Å²) < 4.78 is 53.4. The number of allylic oxidation sites excluding steroid dienone is 1. The van der Waals surface area contributed by atoms with Crippen LogP contribution in [0.3, 0.4) is 0 Å². The molecule has 2 fully saturated rings. The third kappa shape index (κ3) is 6.85. The van der Waals surface area contributed by atoms with Crippen LogP contribution in [0.5, 0.6) is 0 Å². The maximum atomic E-state index is 14.0. The lowest BCUT2D eigenvalue weighted by molar-refractivity contribution is -0.159. The second kappa shape index (κ2) is 12.9. The van der Waals surface area contributed by atoms with Gasteiger partial charge in [0.1, 0.15) is 17.5 Å². The highest BCUT2D eigenvalue weighted by molar-refractivity contribution is 7.89. The van der Waals surface area contributed by atoms with Crippen molar-refractivity contribution in [3.8, 4) is 0 Å².